The normalized spacial score (nSPS) is 33.8. The van der Waals surface area contributed by atoms with Crippen LogP contribution in [0, 0.1) is 11.8 Å². The molecule has 1 heterocycles. The Bertz CT molecular complexity index is 685. The Morgan fingerprint density at radius 1 is 1.19 bits per heavy atom. The van der Waals surface area contributed by atoms with Crippen LogP contribution >= 0.6 is 0 Å². The molecule has 0 radical (unpaired) electrons. The maximum absolute atomic E-state index is 12.3. The van der Waals surface area contributed by atoms with E-state index < -0.39 is 30.1 Å². The highest BCUT2D eigenvalue weighted by Crippen LogP contribution is 2.36. The zero-order valence-electron chi connectivity index (χ0n) is 16.7. The maximum Gasteiger partial charge on any atom is 0.334 e. The highest BCUT2D eigenvalue weighted by molar-refractivity contribution is 5.91. The molecule has 0 bridgehead atoms. The third-order valence-corrected chi connectivity index (χ3v) is 5.45. The minimum absolute atomic E-state index is 0.0111. The van der Waals surface area contributed by atoms with Crippen LogP contribution < -0.4 is 0 Å². The molecule has 0 aromatic heterocycles. The molecule has 0 saturated carbocycles. The standard InChI is InChI=1S/C22H30O5/c1-13-7-6-8-14(2)11-20-19(15(3)22(25)27-20)12-21(26-17(5)24)18(10-9-13)16(4)23/h7,11,18-21H,3,6,8-10,12H2,1-2,4-5H3/b13-7-,14-11+/t18-,19+,20+,21+/m1/s1. The summed E-state index contributed by atoms with van der Waals surface area (Å²) in [6.07, 6.45) is 6.65. The predicted molar refractivity (Wildman–Crippen MR) is 103 cm³/mol. The van der Waals surface area contributed by atoms with E-state index in [1.165, 1.54) is 19.4 Å². The fourth-order valence-electron chi connectivity index (χ4n) is 3.86. The van der Waals surface area contributed by atoms with Gasteiger partial charge in [-0.2, -0.15) is 0 Å². The molecule has 0 N–H and O–H groups in total. The molecule has 0 unspecified atom stereocenters. The van der Waals surface area contributed by atoms with E-state index in [9.17, 15) is 14.4 Å². The van der Waals surface area contributed by atoms with E-state index in [1.54, 1.807) is 0 Å². The number of rotatable bonds is 2. The number of ether oxygens (including phenoxy) is 2. The minimum atomic E-state index is -0.596. The monoisotopic (exact) mass is 374 g/mol. The summed E-state index contributed by atoms with van der Waals surface area (Å²) in [5, 5.41) is 0. The van der Waals surface area contributed by atoms with Gasteiger partial charge in [-0.1, -0.05) is 23.8 Å². The summed E-state index contributed by atoms with van der Waals surface area (Å²) in [4.78, 5) is 36.1. The number of carbonyl (C=O) groups excluding carboxylic acids is 3. The Kier molecular flexibility index (Phi) is 7.17. The first kappa shape index (κ1) is 21.1. The molecule has 148 valence electrons. The lowest BCUT2D eigenvalue weighted by molar-refractivity contribution is -0.152. The number of Topliss-reactive ketones (excluding diaryl/α,β-unsaturated/α-hetero) is 1. The second-order valence-corrected chi connectivity index (χ2v) is 7.74. The van der Waals surface area contributed by atoms with Gasteiger partial charge in [0.25, 0.3) is 0 Å². The van der Waals surface area contributed by atoms with Crippen molar-refractivity contribution in [3.63, 3.8) is 0 Å². The van der Waals surface area contributed by atoms with Crippen LogP contribution in [0.1, 0.15) is 59.8 Å². The first-order valence-electron chi connectivity index (χ1n) is 9.59. The number of carbonyl (C=O) groups is 3. The van der Waals surface area contributed by atoms with Gasteiger partial charge in [0, 0.05) is 18.4 Å². The predicted octanol–water partition coefficient (Wildman–Crippen LogP) is 4.08. The van der Waals surface area contributed by atoms with Gasteiger partial charge in [-0.05, 0) is 59.0 Å². The van der Waals surface area contributed by atoms with Crippen molar-refractivity contribution in [3.8, 4) is 0 Å². The largest absolute Gasteiger partial charge is 0.462 e. The van der Waals surface area contributed by atoms with Crippen molar-refractivity contribution in [3.05, 3.63) is 35.5 Å². The number of esters is 2. The van der Waals surface area contributed by atoms with E-state index >= 15 is 0 Å². The second-order valence-electron chi connectivity index (χ2n) is 7.74. The summed E-state index contributed by atoms with van der Waals surface area (Å²) < 4.78 is 11.0. The molecule has 5 heteroatoms. The highest BCUT2D eigenvalue weighted by Gasteiger charge is 2.41. The molecule has 1 aliphatic heterocycles. The van der Waals surface area contributed by atoms with E-state index in [4.69, 9.17) is 9.47 Å². The molecule has 5 nitrogen and oxygen atoms in total. The fraction of sp³-hybridized carbons (Fsp3) is 0.591. The van der Waals surface area contributed by atoms with Crippen LogP contribution in [0.25, 0.3) is 0 Å². The van der Waals surface area contributed by atoms with Gasteiger partial charge in [0.1, 0.15) is 18.0 Å². The van der Waals surface area contributed by atoms with Gasteiger partial charge in [0.15, 0.2) is 0 Å². The van der Waals surface area contributed by atoms with Gasteiger partial charge in [-0.3, -0.25) is 9.59 Å². The molecule has 0 spiro atoms. The summed E-state index contributed by atoms with van der Waals surface area (Å²) >= 11 is 0. The smallest absolute Gasteiger partial charge is 0.334 e. The summed E-state index contributed by atoms with van der Waals surface area (Å²) in [6.45, 7) is 10.9. The van der Waals surface area contributed by atoms with Crippen LogP contribution in [0.5, 0.6) is 0 Å². The van der Waals surface area contributed by atoms with E-state index in [0.29, 0.717) is 18.4 Å². The van der Waals surface area contributed by atoms with Gasteiger partial charge in [-0.15, -0.1) is 0 Å². The summed E-state index contributed by atoms with van der Waals surface area (Å²) in [6, 6.07) is 0. The van der Waals surface area contributed by atoms with Crippen molar-refractivity contribution in [1.29, 1.82) is 0 Å². The molecular formula is C22H30O5. The molecular weight excluding hydrogens is 344 g/mol. The number of fused-ring (bicyclic) bond motifs is 1. The SMILES string of the molecule is C=C1C(=O)O[C@H]2/C=C(\C)CC/C=C(/C)CC[C@H](C(C)=O)[C@@H](OC(C)=O)C[C@@H]12. The van der Waals surface area contributed by atoms with Crippen molar-refractivity contribution in [2.75, 3.05) is 0 Å². The molecule has 4 atom stereocenters. The molecule has 2 aliphatic rings. The first-order valence-corrected chi connectivity index (χ1v) is 9.59. The van der Waals surface area contributed by atoms with Crippen molar-refractivity contribution in [2.45, 2.75) is 72.0 Å². The summed E-state index contributed by atoms with van der Waals surface area (Å²) in [7, 11) is 0. The van der Waals surface area contributed by atoms with Crippen LogP contribution in [-0.4, -0.2) is 29.9 Å². The number of hydrogen-bond donors (Lipinski definition) is 0. The van der Waals surface area contributed by atoms with Crippen LogP contribution in [-0.2, 0) is 23.9 Å². The Balaban J connectivity index is 2.41. The van der Waals surface area contributed by atoms with Crippen molar-refractivity contribution in [1.82, 2.24) is 0 Å². The number of hydrogen-bond acceptors (Lipinski definition) is 5. The van der Waals surface area contributed by atoms with Crippen molar-refractivity contribution < 1.29 is 23.9 Å². The number of ketones is 1. The molecule has 1 saturated heterocycles. The van der Waals surface area contributed by atoms with Gasteiger partial charge in [0.05, 0.1) is 5.92 Å². The van der Waals surface area contributed by atoms with E-state index in [-0.39, 0.29) is 11.7 Å². The summed E-state index contributed by atoms with van der Waals surface area (Å²) in [5.74, 6) is -1.57. The van der Waals surface area contributed by atoms with Crippen LogP contribution in [0.2, 0.25) is 0 Å². The van der Waals surface area contributed by atoms with Gasteiger partial charge >= 0.3 is 11.9 Å². The highest BCUT2D eigenvalue weighted by atomic mass is 16.6. The molecule has 0 aromatic carbocycles. The van der Waals surface area contributed by atoms with Gasteiger partial charge < -0.3 is 9.47 Å². The van der Waals surface area contributed by atoms with E-state index in [0.717, 1.165) is 24.8 Å². The van der Waals surface area contributed by atoms with E-state index in [1.807, 2.05) is 13.0 Å². The zero-order valence-corrected chi connectivity index (χ0v) is 16.7. The van der Waals surface area contributed by atoms with Crippen LogP contribution in [0.4, 0.5) is 0 Å². The Hall–Kier alpha value is -2.17. The van der Waals surface area contributed by atoms with Crippen molar-refractivity contribution in [2.24, 2.45) is 11.8 Å². The summed E-state index contributed by atoms with van der Waals surface area (Å²) in [5.41, 5.74) is 2.75. The lowest BCUT2D eigenvalue weighted by atomic mass is 9.82. The lowest BCUT2D eigenvalue weighted by Crippen LogP contribution is -2.34. The zero-order chi connectivity index (χ0) is 20.1. The molecule has 0 amide bonds. The average Bonchev–Trinajstić information content (AvgIpc) is 2.81. The maximum atomic E-state index is 12.3. The quantitative estimate of drug-likeness (QED) is 0.414. The Labute approximate surface area is 161 Å². The van der Waals surface area contributed by atoms with Crippen LogP contribution in [0.3, 0.4) is 0 Å². The van der Waals surface area contributed by atoms with E-state index in [2.05, 4.69) is 19.6 Å². The topological polar surface area (TPSA) is 69.7 Å². The molecule has 1 aliphatic carbocycles. The second kappa shape index (κ2) is 9.16. The van der Waals surface area contributed by atoms with Gasteiger partial charge in [-0.25, -0.2) is 4.79 Å². The lowest BCUT2D eigenvalue weighted by Gasteiger charge is -2.28. The molecule has 1 fully saturated rings. The third-order valence-electron chi connectivity index (χ3n) is 5.45. The molecule has 27 heavy (non-hydrogen) atoms. The van der Waals surface area contributed by atoms with Crippen molar-refractivity contribution >= 4 is 17.7 Å². The molecule has 2 rings (SSSR count). The fourth-order valence-corrected chi connectivity index (χ4v) is 3.86. The third kappa shape index (κ3) is 5.65. The minimum Gasteiger partial charge on any atom is -0.462 e. The Morgan fingerprint density at radius 2 is 1.89 bits per heavy atom. The van der Waals surface area contributed by atoms with Crippen LogP contribution in [0.15, 0.2) is 35.5 Å². The average molecular weight is 374 g/mol. The van der Waals surface area contributed by atoms with Gasteiger partial charge in [0.2, 0.25) is 0 Å². The molecule has 0 aromatic rings. The first-order chi connectivity index (χ1) is 12.7. The Morgan fingerprint density at radius 3 is 2.52 bits per heavy atom. The number of allylic oxidation sites excluding steroid dienone is 3.